The van der Waals surface area contributed by atoms with Gasteiger partial charge in [-0.3, -0.25) is 0 Å². The van der Waals surface area contributed by atoms with Gasteiger partial charge in [0.1, 0.15) is 6.33 Å². The lowest BCUT2D eigenvalue weighted by molar-refractivity contribution is 0.157. The molecule has 0 radical (unpaired) electrons. The van der Waals surface area contributed by atoms with Crippen molar-refractivity contribution in [3.05, 3.63) is 46.9 Å². The Morgan fingerprint density at radius 1 is 1.10 bits per heavy atom. The first-order valence-electron chi connectivity index (χ1n) is 9.80. The molecule has 4 rings (SSSR count). The Morgan fingerprint density at radius 2 is 1.90 bits per heavy atom. The molecule has 2 heterocycles. The molecule has 0 atom stereocenters. The summed E-state index contributed by atoms with van der Waals surface area (Å²) in [5.74, 6) is 1.56. The van der Waals surface area contributed by atoms with Crippen LogP contribution in [-0.4, -0.2) is 48.7 Å². The van der Waals surface area contributed by atoms with Crippen molar-refractivity contribution in [1.29, 1.82) is 0 Å². The Balaban J connectivity index is 1.58. The van der Waals surface area contributed by atoms with Crippen LogP contribution in [0.4, 0.5) is 4.39 Å². The predicted molar refractivity (Wildman–Crippen MR) is 116 cm³/mol. The second kappa shape index (κ2) is 9.14. The SMILES string of the molecule is COc1cc2c(Oc3ccc(Br)cc3F)ncnc2cc1OCC1CCN(C)CC1. The maximum absolute atomic E-state index is 14.2. The number of rotatable bonds is 6. The normalized spacial score (nSPS) is 15.3. The van der Waals surface area contributed by atoms with Crippen LogP contribution in [0.3, 0.4) is 0 Å². The van der Waals surface area contributed by atoms with Gasteiger partial charge in [0.2, 0.25) is 5.88 Å². The van der Waals surface area contributed by atoms with Crippen LogP contribution in [0.25, 0.3) is 10.9 Å². The molecule has 0 saturated carbocycles. The molecular weight excluding hydrogens is 453 g/mol. The fourth-order valence-electron chi connectivity index (χ4n) is 3.49. The molecule has 1 aromatic heterocycles. The summed E-state index contributed by atoms with van der Waals surface area (Å²) in [5.41, 5.74) is 0.636. The second-order valence-electron chi connectivity index (χ2n) is 7.43. The van der Waals surface area contributed by atoms with Gasteiger partial charge in [0.05, 0.1) is 24.6 Å². The van der Waals surface area contributed by atoms with E-state index >= 15 is 0 Å². The summed E-state index contributed by atoms with van der Waals surface area (Å²) < 4.78 is 32.2. The monoisotopic (exact) mass is 475 g/mol. The maximum atomic E-state index is 14.2. The van der Waals surface area contributed by atoms with Crippen LogP contribution in [0.1, 0.15) is 12.8 Å². The number of hydrogen-bond acceptors (Lipinski definition) is 6. The molecule has 0 bridgehead atoms. The summed E-state index contributed by atoms with van der Waals surface area (Å²) in [4.78, 5) is 10.8. The molecular formula is C22H23BrFN3O3. The zero-order valence-corrected chi connectivity index (χ0v) is 18.5. The largest absolute Gasteiger partial charge is 0.493 e. The summed E-state index contributed by atoms with van der Waals surface area (Å²) in [5, 5.41) is 0.614. The van der Waals surface area contributed by atoms with Gasteiger partial charge >= 0.3 is 0 Å². The Bertz CT molecular complexity index is 1040. The third kappa shape index (κ3) is 4.65. The highest BCUT2D eigenvalue weighted by atomic mass is 79.9. The van der Waals surface area contributed by atoms with Gasteiger partial charge in [0.25, 0.3) is 0 Å². The summed E-state index contributed by atoms with van der Waals surface area (Å²) in [7, 11) is 3.73. The molecule has 0 unspecified atom stereocenters. The quantitative estimate of drug-likeness (QED) is 0.496. The number of ether oxygens (including phenoxy) is 3. The van der Waals surface area contributed by atoms with Crippen molar-refractivity contribution >= 4 is 26.8 Å². The lowest BCUT2D eigenvalue weighted by Gasteiger charge is -2.28. The van der Waals surface area contributed by atoms with Crippen LogP contribution in [0, 0.1) is 11.7 Å². The second-order valence-corrected chi connectivity index (χ2v) is 8.35. The van der Waals surface area contributed by atoms with Crippen LogP contribution >= 0.6 is 15.9 Å². The third-order valence-corrected chi connectivity index (χ3v) is 5.79. The Labute approximate surface area is 183 Å². The zero-order valence-electron chi connectivity index (χ0n) is 16.9. The van der Waals surface area contributed by atoms with Crippen molar-refractivity contribution in [3.63, 3.8) is 0 Å². The van der Waals surface area contributed by atoms with Gasteiger partial charge in [-0.1, -0.05) is 15.9 Å². The molecule has 1 fully saturated rings. The molecule has 1 saturated heterocycles. The molecule has 6 nitrogen and oxygen atoms in total. The van der Waals surface area contributed by atoms with E-state index in [9.17, 15) is 4.39 Å². The van der Waals surface area contributed by atoms with E-state index in [1.807, 2.05) is 6.07 Å². The molecule has 158 valence electrons. The minimum Gasteiger partial charge on any atom is -0.493 e. The van der Waals surface area contributed by atoms with E-state index in [1.54, 1.807) is 25.3 Å². The molecule has 0 N–H and O–H groups in total. The van der Waals surface area contributed by atoms with E-state index < -0.39 is 5.82 Å². The number of nitrogens with zero attached hydrogens (tertiary/aromatic N) is 3. The van der Waals surface area contributed by atoms with Crippen molar-refractivity contribution < 1.29 is 18.6 Å². The van der Waals surface area contributed by atoms with Crippen LogP contribution in [0.15, 0.2) is 41.1 Å². The standard InChI is InChI=1S/C22H23BrFN3O3/c1-27-7-5-14(6-8-27)12-29-21-11-18-16(10-20(21)28-2)22(26-13-25-18)30-19-4-3-15(23)9-17(19)24/h3-4,9-11,13-14H,5-8,12H2,1-2H3. The average molecular weight is 476 g/mol. The molecule has 1 aliphatic rings. The zero-order chi connectivity index (χ0) is 21.1. The van der Waals surface area contributed by atoms with Gasteiger partial charge in [0.15, 0.2) is 23.1 Å². The highest BCUT2D eigenvalue weighted by Crippen LogP contribution is 2.37. The average Bonchev–Trinajstić information content (AvgIpc) is 2.75. The first-order chi connectivity index (χ1) is 14.5. The van der Waals surface area contributed by atoms with E-state index in [0.29, 0.717) is 39.4 Å². The van der Waals surface area contributed by atoms with Crippen LogP contribution in [0.5, 0.6) is 23.1 Å². The molecule has 3 aromatic rings. The summed E-state index contributed by atoms with van der Waals surface area (Å²) in [6.07, 6.45) is 3.62. The van der Waals surface area contributed by atoms with Crippen molar-refractivity contribution in [1.82, 2.24) is 14.9 Å². The fourth-order valence-corrected chi connectivity index (χ4v) is 3.83. The number of fused-ring (bicyclic) bond motifs is 1. The summed E-state index contributed by atoms with van der Waals surface area (Å²) >= 11 is 3.24. The molecule has 0 spiro atoms. The van der Waals surface area contributed by atoms with Gasteiger partial charge in [-0.25, -0.2) is 14.4 Å². The molecule has 0 amide bonds. The first kappa shape index (κ1) is 20.8. The lowest BCUT2D eigenvalue weighted by atomic mass is 9.98. The lowest BCUT2D eigenvalue weighted by Crippen LogP contribution is -2.32. The van der Waals surface area contributed by atoms with E-state index in [-0.39, 0.29) is 11.6 Å². The number of aromatic nitrogens is 2. The first-order valence-corrected chi connectivity index (χ1v) is 10.6. The number of piperidine rings is 1. The van der Waals surface area contributed by atoms with Crippen LogP contribution in [0.2, 0.25) is 0 Å². The Kier molecular flexibility index (Phi) is 6.34. The van der Waals surface area contributed by atoms with Crippen molar-refractivity contribution in [2.24, 2.45) is 5.92 Å². The number of likely N-dealkylation sites (tertiary alicyclic amines) is 1. The molecule has 30 heavy (non-hydrogen) atoms. The van der Waals surface area contributed by atoms with Gasteiger partial charge in [-0.15, -0.1) is 0 Å². The smallest absolute Gasteiger partial charge is 0.230 e. The molecule has 8 heteroatoms. The number of benzene rings is 2. The highest BCUT2D eigenvalue weighted by Gasteiger charge is 2.19. The summed E-state index contributed by atoms with van der Waals surface area (Å²) in [6.45, 7) is 2.81. The van der Waals surface area contributed by atoms with E-state index in [4.69, 9.17) is 14.2 Å². The molecule has 1 aliphatic heterocycles. The van der Waals surface area contributed by atoms with Gasteiger partial charge < -0.3 is 19.1 Å². The molecule has 2 aromatic carbocycles. The van der Waals surface area contributed by atoms with Crippen LogP contribution in [-0.2, 0) is 0 Å². The Hall–Kier alpha value is -2.45. The number of hydrogen-bond donors (Lipinski definition) is 0. The van der Waals surface area contributed by atoms with Gasteiger partial charge in [-0.05, 0) is 63.2 Å². The summed E-state index contributed by atoms with van der Waals surface area (Å²) in [6, 6.07) is 8.18. The fraction of sp³-hybridized carbons (Fsp3) is 0.364. The topological polar surface area (TPSA) is 56.7 Å². The Morgan fingerprint density at radius 3 is 2.63 bits per heavy atom. The minimum atomic E-state index is -0.485. The van der Waals surface area contributed by atoms with E-state index in [0.717, 1.165) is 25.9 Å². The van der Waals surface area contributed by atoms with Gasteiger partial charge in [-0.2, -0.15) is 0 Å². The molecule has 0 aliphatic carbocycles. The predicted octanol–water partition coefficient (Wildman–Crippen LogP) is 5.05. The number of methoxy groups -OCH3 is 1. The highest BCUT2D eigenvalue weighted by molar-refractivity contribution is 9.10. The maximum Gasteiger partial charge on any atom is 0.230 e. The van der Waals surface area contributed by atoms with Crippen molar-refractivity contribution in [2.45, 2.75) is 12.8 Å². The van der Waals surface area contributed by atoms with Gasteiger partial charge in [0, 0.05) is 10.5 Å². The number of halogens is 2. The third-order valence-electron chi connectivity index (χ3n) is 5.30. The van der Waals surface area contributed by atoms with Crippen molar-refractivity contribution in [2.75, 3.05) is 33.9 Å². The van der Waals surface area contributed by atoms with Crippen molar-refractivity contribution in [3.8, 4) is 23.1 Å². The van der Waals surface area contributed by atoms with E-state index in [2.05, 4.69) is 37.8 Å². The van der Waals surface area contributed by atoms with E-state index in [1.165, 1.54) is 12.4 Å². The van der Waals surface area contributed by atoms with Crippen LogP contribution < -0.4 is 14.2 Å². The minimum absolute atomic E-state index is 0.0831.